The van der Waals surface area contributed by atoms with E-state index in [1.165, 1.54) is 32.4 Å². The number of hydrogen-bond acceptors (Lipinski definition) is 2. The average molecular weight is 220 g/mol. The first-order valence-corrected chi connectivity index (χ1v) is 6.21. The number of ether oxygens (including phenoxy) is 1. The summed E-state index contributed by atoms with van der Waals surface area (Å²) in [6.45, 7) is 3.36. The molecule has 14 heavy (non-hydrogen) atoms. The normalized spacial score (nSPS) is 23.1. The van der Waals surface area contributed by atoms with Crippen LogP contribution in [0, 0.1) is 0 Å². The van der Waals surface area contributed by atoms with Gasteiger partial charge in [0.25, 0.3) is 0 Å². The van der Waals surface area contributed by atoms with Crippen molar-refractivity contribution in [1.29, 1.82) is 0 Å². The van der Waals surface area contributed by atoms with Crippen molar-refractivity contribution in [1.82, 2.24) is 4.90 Å². The number of alkyl halides is 1. The molecule has 1 unspecified atom stereocenters. The molecule has 84 valence electrons. The summed E-state index contributed by atoms with van der Waals surface area (Å²) in [6, 6.07) is 0.797. The highest BCUT2D eigenvalue weighted by Gasteiger charge is 2.22. The molecule has 1 heterocycles. The summed E-state index contributed by atoms with van der Waals surface area (Å²) in [4.78, 5) is 2.60. The van der Waals surface area contributed by atoms with E-state index < -0.39 is 0 Å². The van der Waals surface area contributed by atoms with Crippen LogP contribution in [0.2, 0.25) is 0 Å². The molecule has 1 saturated heterocycles. The molecular weight excluding hydrogens is 198 g/mol. The molecule has 1 rings (SSSR count). The fourth-order valence-electron chi connectivity index (χ4n) is 2.24. The van der Waals surface area contributed by atoms with Crippen LogP contribution in [0.25, 0.3) is 0 Å². The van der Waals surface area contributed by atoms with Gasteiger partial charge in [-0.05, 0) is 38.6 Å². The number of methoxy groups -OCH3 is 1. The van der Waals surface area contributed by atoms with Gasteiger partial charge in [-0.2, -0.15) is 0 Å². The highest BCUT2D eigenvalue weighted by Crippen LogP contribution is 2.21. The Labute approximate surface area is 92.6 Å². The van der Waals surface area contributed by atoms with Gasteiger partial charge in [-0.3, -0.25) is 0 Å². The molecule has 0 aromatic heterocycles. The first kappa shape index (κ1) is 12.3. The van der Waals surface area contributed by atoms with Crippen molar-refractivity contribution in [2.24, 2.45) is 0 Å². The molecular formula is C11H22ClNO. The van der Waals surface area contributed by atoms with Crippen molar-refractivity contribution in [3.05, 3.63) is 0 Å². The molecule has 2 nitrogen and oxygen atoms in total. The summed E-state index contributed by atoms with van der Waals surface area (Å²) in [5.74, 6) is 0.808. The third-order valence-corrected chi connectivity index (χ3v) is 3.23. The Kier molecular flexibility index (Phi) is 6.57. The molecule has 1 atom stereocenters. The Morgan fingerprint density at radius 3 is 3.00 bits per heavy atom. The third kappa shape index (κ3) is 4.16. The Bertz CT molecular complexity index is 143. The highest BCUT2D eigenvalue weighted by molar-refractivity contribution is 6.17. The maximum absolute atomic E-state index is 5.72. The first-order chi connectivity index (χ1) is 6.88. The molecule has 0 spiro atoms. The molecule has 0 aliphatic carbocycles. The van der Waals surface area contributed by atoms with E-state index in [0.29, 0.717) is 0 Å². The van der Waals surface area contributed by atoms with Gasteiger partial charge in [0.05, 0.1) is 0 Å². The topological polar surface area (TPSA) is 12.5 Å². The van der Waals surface area contributed by atoms with Crippen LogP contribution in [0.15, 0.2) is 0 Å². The van der Waals surface area contributed by atoms with E-state index in [0.717, 1.165) is 31.4 Å². The molecule has 0 saturated carbocycles. The predicted octanol–water partition coefficient (Wildman–Crippen LogP) is 2.51. The molecule has 0 N–H and O–H groups in total. The van der Waals surface area contributed by atoms with Gasteiger partial charge in [0, 0.05) is 32.2 Å². The summed E-state index contributed by atoms with van der Waals surface area (Å²) >= 11 is 5.72. The minimum Gasteiger partial charge on any atom is -0.385 e. The lowest BCUT2D eigenvalue weighted by molar-refractivity contribution is 0.165. The van der Waals surface area contributed by atoms with Gasteiger partial charge in [0.1, 0.15) is 0 Å². The zero-order valence-corrected chi connectivity index (χ0v) is 9.93. The fourth-order valence-corrected chi connectivity index (χ4v) is 2.40. The molecule has 3 heteroatoms. The van der Waals surface area contributed by atoms with Crippen molar-refractivity contribution >= 4 is 11.6 Å². The van der Waals surface area contributed by atoms with Crippen molar-refractivity contribution in [2.45, 2.75) is 38.1 Å². The minimum absolute atomic E-state index is 0.797. The van der Waals surface area contributed by atoms with Gasteiger partial charge in [-0.15, -0.1) is 11.6 Å². The fraction of sp³-hybridized carbons (Fsp3) is 1.00. The van der Waals surface area contributed by atoms with Crippen LogP contribution in [0.3, 0.4) is 0 Å². The van der Waals surface area contributed by atoms with Crippen LogP contribution in [-0.4, -0.2) is 43.6 Å². The van der Waals surface area contributed by atoms with Gasteiger partial charge in [0.15, 0.2) is 0 Å². The number of likely N-dealkylation sites (tertiary alicyclic amines) is 1. The van der Waals surface area contributed by atoms with E-state index in [9.17, 15) is 0 Å². The monoisotopic (exact) mass is 219 g/mol. The second kappa shape index (κ2) is 7.49. The largest absolute Gasteiger partial charge is 0.385 e. The summed E-state index contributed by atoms with van der Waals surface area (Å²) < 4.78 is 5.07. The zero-order chi connectivity index (χ0) is 10.2. The second-order valence-corrected chi connectivity index (χ2v) is 4.39. The maximum atomic E-state index is 5.72. The summed E-state index contributed by atoms with van der Waals surface area (Å²) in [5.41, 5.74) is 0. The lowest BCUT2D eigenvalue weighted by Gasteiger charge is -2.23. The Hall–Kier alpha value is 0.210. The number of hydrogen-bond donors (Lipinski definition) is 0. The molecule has 0 amide bonds. The van der Waals surface area contributed by atoms with Crippen molar-refractivity contribution in [3.8, 4) is 0 Å². The van der Waals surface area contributed by atoms with Crippen molar-refractivity contribution in [2.75, 3.05) is 32.7 Å². The summed E-state index contributed by atoms with van der Waals surface area (Å²) in [5, 5.41) is 0. The van der Waals surface area contributed by atoms with Crippen LogP contribution in [0.5, 0.6) is 0 Å². The molecule has 0 aromatic rings. The smallest absolute Gasteiger partial charge is 0.0474 e. The van der Waals surface area contributed by atoms with Crippen LogP contribution in [-0.2, 0) is 4.74 Å². The molecule has 0 bridgehead atoms. The zero-order valence-electron chi connectivity index (χ0n) is 9.17. The van der Waals surface area contributed by atoms with Crippen LogP contribution >= 0.6 is 11.6 Å². The Morgan fingerprint density at radius 1 is 1.43 bits per heavy atom. The standard InChI is InChI=1S/C11H22ClNO/c1-14-10-4-9-13-8-3-6-11(13)5-2-7-12/h11H,2-10H2,1H3. The van der Waals surface area contributed by atoms with Crippen LogP contribution < -0.4 is 0 Å². The van der Waals surface area contributed by atoms with Crippen molar-refractivity contribution in [3.63, 3.8) is 0 Å². The van der Waals surface area contributed by atoms with E-state index in [1.54, 1.807) is 7.11 Å². The van der Waals surface area contributed by atoms with E-state index in [1.807, 2.05) is 0 Å². The second-order valence-electron chi connectivity index (χ2n) is 4.01. The molecule has 1 fully saturated rings. The number of halogens is 1. The number of rotatable bonds is 7. The average Bonchev–Trinajstić information content (AvgIpc) is 2.63. The third-order valence-electron chi connectivity index (χ3n) is 2.96. The maximum Gasteiger partial charge on any atom is 0.0474 e. The molecule has 1 aliphatic heterocycles. The Balaban J connectivity index is 2.14. The highest BCUT2D eigenvalue weighted by atomic mass is 35.5. The Morgan fingerprint density at radius 2 is 2.29 bits per heavy atom. The quantitative estimate of drug-likeness (QED) is 0.482. The van der Waals surface area contributed by atoms with Gasteiger partial charge in [-0.25, -0.2) is 0 Å². The predicted molar refractivity (Wildman–Crippen MR) is 61.0 cm³/mol. The molecule has 0 aromatic carbocycles. The lowest BCUT2D eigenvalue weighted by Crippen LogP contribution is -2.30. The van der Waals surface area contributed by atoms with E-state index in [4.69, 9.17) is 16.3 Å². The lowest BCUT2D eigenvalue weighted by atomic mass is 10.1. The number of nitrogens with zero attached hydrogens (tertiary/aromatic N) is 1. The van der Waals surface area contributed by atoms with Gasteiger partial charge in [0.2, 0.25) is 0 Å². The van der Waals surface area contributed by atoms with E-state index in [-0.39, 0.29) is 0 Å². The molecule has 0 radical (unpaired) electrons. The van der Waals surface area contributed by atoms with Gasteiger partial charge < -0.3 is 9.64 Å². The van der Waals surface area contributed by atoms with Crippen LogP contribution in [0.1, 0.15) is 32.1 Å². The van der Waals surface area contributed by atoms with Crippen molar-refractivity contribution < 1.29 is 4.74 Å². The molecule has 1 aliphatic rings. The minimum atomic E-state index is 0.797. The summed E-state index contributed by atoms with van der Waals surface area (Å²) in [7, 11) is 1.77. The first-order valence-electron chi connectivity index (χ1n) is 5.67. The summed E-state index contributed by atoms with van der Waals surface area (Å²) in [6.07, 6.45) is 6.32. The van der Waals surface area contributed by atoms with Crippen LogP contribution in [0.4, 0.5) is 0 Å². The van der Waals surface area contributed by atoms with Gasteiger partial charge >= 0.3 is 0 Å². The van der Waals surface area contributed by atoms with Gasteiger partial charge in [-0.1, -0.05) is 0 Å². The van der Waals surface area contributed by atoms with E-state index >= 15 is 0 Å². The SMILES string of the molecule is COCCCN1CCCC1CCCCl. The van der Waals surface area contributed by atoms with E-state index in [2.05, 4.69) is 4.90 Å².